The van der Waals surface area contributed by atoms with Gasteiger partial charge in [0.25, 0.3) is 0 Å². The van der Waals surface area contributed by atoms with Gasteiger partial charge in [0, 0.05) is 19.2 Å². The SMILES string of the molecule is C=CC(=N)N1C=C(C)[C@H](C/C=C\NC)[C@@H](N)N1. The van der Waals surface area contributed by atoms with E-state index in [-0.39, 0.29) is 12.1 Å². The predicted octanol–water partition coefficient (Wildman–Crippen LogP) is 0.898. The van der Waals surface area contributed by atoms with Crippen LogP contribution in [0.3, 0.4) is 0 Å². The van der Waals surface area contributed by atoms with Gasteiger partial charge < -0.3 is 11.1 Å². The van der Waals surface area contributed by atoms with Crippen molar-refractivity contribution in [3.63, 3.8) is 0 Å². The first-order chi connectivity index (χ1) is 8.10. The second-order valence-electron chi connectivity index (χ2n) is 4.02. The second-order valence-corrected chi connectivity index (χ2v) is 4.02. The molecule has 1 aliphatic heterocycles. The number of nitrogens with zero attached hydrogens (tertiary/aromatic N) is 1. The molecule has 5 nitrogen and oxygen atoms in total. The normalized spacial score (nSPS) is 24.6. The van der Waals surface area contributed by atoms with Crippen molar-refractivity contribution in [1.29, 1.82) is 5.41 Å². The Hall–Kier alpha value is -1.59. The molecule has 94 valence electrons. The van der Waals surface area contributed by atoms with Gasteiger partial charge in [0.05, 0.1) is 6.17 Å². The number of nitrogens with two attached hydrogens (primary N) is 1. The summed E-state index contributed by atoms with van der Waals surface area (Å²) in [5, 5.41) is 12.2. The Morgan fingerprint density at radius 2 is 2.47 bits per heavy atom. The first kappa shape index (κ1) is 13.5. The van der Waals surface area contributed by atoms with E-state index in [4.69, 9.17) is 11.1 Å². The number of amidine groups is 1. The summed E-state index contributed by atoms with van der Waals surface area (Å²) in [5.74, 6) is 0.539. The molecular formula is C12H21N5. The topological polar surface area (TPSA) is 77.2 Å². The molecule has 0 saturated heterocycles. The van der Waals surface area contributed by atoms with E-state index in [0.29, 0.717) is 5.84 Å². The van der Waals surface area contributed by atoms with Gasteiger partial charge in [-0.1, -0.05) is 12.7 Å². The molecule has 0 saturated carbocycles. The minimum Gasteiger partial charge on any atom is -0.394 e. The Morgan fingerprint density at radius 3 is 3.00 bits per heavy atom. The van der Waals surface area contributed by atoms with Crippen LogP contribution in [0.1, 0.15) is 13.3 Å². The molecule has 0 spiro atoms. The highest BCUT2D eigenvalue weighted by Gasteiger charge is 2.25. The van der Waals surface area contributed by atoms with Gasteiger partial charge in [0.1, 0.15) is 5.84 Å². The Bertz CT molecular complexity index is 345. The van der Waals surface area contributed by atoms with Crippen LogP contribution < -0.4 is 16.5 Å². The fourth-order valence-electron chi connectivity index (χ4n) is 1.77. The summed E-state index contributed by atoms with van der Waals surface area (Å²) in [6.07, 6.45) is 8.00. The zero-order chi connectivity index (χ0) is 12.8. The minimum atomic E-state index is -0.193. The van der Waals surface area contributed by atoms with Gasteiger partial charge in [-0.15, -0.1) is 0 Å². The lowest BCUT2D eigenvalue weighted by Crippen LogP contribution is -2.55. The Balaban J connectivity index is 2.73. The molecular weight excluding hydrogens is 214 g/mol. The number of rotatable bonds is 4. The Morgan fingerprint density at radius 1 is 1.76 bits per heavy atom. The van der Waals surface area contributed by atoms with Gasteiger partial charge in [-0.2, -0.15) is 0 Å². The lowest BCUT2D eigenvalue weighted by Gasteiger charge is -2.36. The average molecular weight is 235 g/mol. The zero-order valence-electron chi connectivity index (χ0n) is 10.4. The average Bonchev–Trinajstić information content (AvgIpc) is 2.31. The molecule has 0 radical (unpaired) electrons. The number of hydrogen-bond donors (Lipinski definition) is 4. The first-order valence-electron chi connectivity index (χ1n) is 5.62. The summed E-state index contributed by atoms with van der Waals surface area (Å²) < 4.78 is 0. The van der Waals surface area contributed by atoms with Gasteiger partial charge >= 0.3 is 0 Å². The number of allylic oxidation sites excluding steroid dienone is 1. The molecule has 0 unspecified atom stereocenters. The minimum absolute atomic E-state index is 0.193. The van der Waals surface area contributed by atoms with E-state index >= 15 is 0 Å². The predicted molar refractivity (Wildman–Crippen MR) is 70.9 cm³/mol. The van der Waals surface area contributed by atoms with Gasteiger partial charge in [-0.25, -0.2) is 5.43 Å². The summed E-state index contributed by atoms with van der Waals surface area (Å²) in [7, 11) is 1.87. The maximum absolute atomic E-state index is 7.67. The first-order valence-corrected chi connectivity index (χ1v) is 5.62. The highest BCUT2D eigenvalue weighted by Crippen LogP contribution is 2.22. The standard InChI is InChI=1S/C12H21N5/c1-4-11(13)17-8-9(2)10(12(14)16-17)6-5-7-15-3/h4-5,7-8,10,12-13,15-16H,1,6,14H2,2-3H3/b7-5-,13-11?/t10-,12-/m0/s1. The van der Waals surface area contributed by atoms with Crippen molar-refractivity contribution >= 4 is 5.84 Å². The smallest absolute Gasteiger partial charge is 0.138 e. The molecule has 0 fully saturated rings. The molecule has 1 rings (SSSR count). The van der Waals surface area contributed by atoms with Crippen LogP contribution in [0.4, 0.5) is 0 Å². The quantitative estimate of drug-likeness (QED) is 0.431. The van der Waals surface area contributed by atoms with E-state index in [1.807, 2.05) is 26.4 Å². The van der Waals surface area contributed by atoms with Crippen molar-refractivity contribution < 1.29 is 0 Å². The molecule has 17 heavy (non-hydrogen) atoms. The van der Waals surface area contributed by atoms with E-state index in [1.165, 1.54) is 6.08 Å². The van der Waals surface area contributed by atoms with Crippen LogP contribution in [0.15, 0.2) is 36.7 Å². The third-order valence-corrected chi connectivity index (χ3v) is 2.77. The second kappa shape index (κ2) is 6.22. The molecule has 0 bridgehead atoms. The number of nitrogens with one attached hydrogen (secondary N) is 3. The molecule has 0 aromatic heterocycles. The zero-order valence-corrected chi connectivity index (χ0v) is 10.4. The number of hydrogen-bond acceptors (Lipinski definition) is 4. The van der Waals surface area contributed by atoms with Crippen LogP contribution in [0.2, 0.25) is 0 Å². The fraction of sp³-hybridized carbons (Fsp3) is 0.417. The molecule has 0 aliphatic carbocycles. The van der Waals surface area contributed by atoms with E-state index in [2.05, 4.69) is 23.4 Å². The van der Waals surface area contributed by atoms with E-state index in [9.17, 15) is 0 Å². The Kier molecular flexibility index (Phi) is 4.93. The van der Waals surface area contributed by atoms with Crippen LogP contribution >= 0.6 is 0 Å². The van der Waals surface area contributed by atoms with Crippen LogP contribution in [0.5, 0.6) is 0 Å². The van der Waals surface area contributed by atoms with Gasteiger partial charge in [-0.05, 0) is 31.2 Å². The van der Waals surface area contributed by atoms with E-state index in [0.717, 1.165) is 12.0 Å². The molecule has 2 atom stereocenters. The van der Waals surface area contributed by atoms with Gasteiger partial charge in [0.2, 0.25) is 0 Å². The molecule has 1 aliphatic rings. The van der Waals surface area contributed by atoms with Crippen LogP contribution in [-0.4, -0.2) is 24.1 Å². The van der Waals surface area contributed by atoms with Gasteiger partial charge in [0.15, 0.2) is 0 Å². The Labute approximate surface area is 103 Å². The summed E-state index contributed by atoms with van der Waals surface area (Å²) >= 11 is 0. The number of hydrazine groups is 1. The maximum Gasteiger partial charge on any atom is 0.138 e. The third-order valence-electron chi connectivity index (χ3n) is 2.77. The van der Waals surface area contributed by atoms with Crippen LogP contribution in [0.25, 0.3) is 0 Å². The molecule has 5 N–H and O–H groups in total. The highest BCUT2D eigenvalue weighted by molar-refractivity contribution is 5.90. The van der Waals surface area contributed by atoms with E-state index < -0.39 is 0 Å². The highest BCUT2D eigenvalue weighted by atomic mass is 15.5. The van der Waals surface area contributed by atoms with Crippen molar-refractivity contribution in [1.82, 2.24) is 15.8 Å². The summed E-state index contributed by atoms with van der Waals surface area (Å²) in [6.45, 7) is 5.60. The molecule has 1 heterocycles. The fourth-order valence-corrected chi connectivity index (χ4v) is 1.77. The molecule has 5 heteroatoms. The van der Waals surface area contributed by atoms with Crippen molar-refractivity contribution in [2.45, 2.75) is 19.5 Å². The maximum atomic E-state index is 7.67. The van der Waals surface area contributed by atoms with Gasteiger partial charge in [-0.3, -0.25) is 10.4 Å². The molecule has 0 amide bonds. The lowest BCUT2D eigenvalue weighted by molar-refractivity contribution is 0.252. The van der Waals surface area contributed by atoms with Crippen molar-refractivity contribution in [3.8, 4) is 0 Å². The van der Waals surface area contributed by atoms with E-state index in [1.54, 1.807) is 5.01 Å². The molecule has 0 aromatic carbocycles. The largest absolute Gasteiger partial charge is 0.394 e. The van der Waals surface area contributed by atoms with Crippen molar-refractivity contribution in [2.24, 2.45) is 11.7 Å². The van der Waals surface area contributed by atoms with Crippen molar-refractivity contribution in [2.75, 3.05) is 7.05 Å². The van der Waals surface area contributed by atoms with Crippen LogP contribution in [-0.2, 0) is 0 Å². The van der Waals surface area contributed by atoms with Crippen molar-refractivity contribution in [3.05, 3.63) is 36.7 Å². The summed E-state index contributed by atoms with van der Waals surface area (Å²) in [6, 6.07) is 0. The van der Waals surface area contributed by atoms with Crippen LogP contribution in [0, 0.1) is 11.3 Å². The lowest BCUT2D eigenvalue weighted by atomic mass is 9.93. The monoisotopic (exact) mass is 235 g/mol. The summed E-state index contributed by atoms with van der Waals surface area (Å²) in [5.41, 5.74) is 10.3. The molecule has 0 aromatic rings. The third kappa shape index (κ3) is 3.44. The summed E-state index contributed by atoms with van der Waals surface area (Å²) in [4.78, 5) is 0.